The molecule has 2 heterocycles. The van der Waals surface area contributed by atoms with Gasteiger partial charge in [0.15, 0.2) is 5.65 Å². The number of nitrogens with one attached hydrogen (secondary N) is 1. The van der Waals surface area contributed by atoms with E-state index in [9.17, 15) is 0 Å². The molecule has 0 saturated heterocycles. The smallest absolute Gasteiger partial charge is 0.163 e. The van der Waals surface area contributed by atoms with Gasteiger partial charge in [-0.25, -0.2) is 9.97 Å². The number of hydrogen-bond donors (Lipinski definition) is 2. The minimum atomic E-state index is 0.394. The van der Waals surface area contributed by atoms with Crippen molar-refractivity contribution in [1.29, 1.82) is 0 Å². The number of rotatable bonds is 3. The maximum Gasteiger partial charge on any atom is 0.163 e. The molecule has 0 aliphatic heterocycles. The van der Waals surface area contributed by atoms with Crippen molar-refractivity contribution in [3.63, 3.8) is 0 Å². The summed E-state index contributed by atoms with van der Waals surface area (Å²) in [4.78, 5) is 8.47. The van der Waals surface area contributed by atoms with Gasteiger partial charge in [-0.1, -0.05) is 0 Å². The van der Waals surface area contributed by atoms with E-state index < -0.39 is 0 Å². The van der Waals surface area contributed by atoms with E-state index in [1.807, 2.05) is 7.05 Å². The fraction of sp³-hybridized carbons (Fsp3) is 0.545. The highest BCUT2D eigenvalue weighted by Crippen LogP contribution is 2.26. The Labute approximate surface area is 99.2 Å². The average Bonchev–Trinajstić information content (AvgIpc) is 2.66. The van der Waals surface area contributed by atoms with Crippen LogP contribution < -0.4 is 11.1 Å². The Bertz CT molecular complexity index is 528. The molecule has 0 unspecified atom stereocenters. The molecule has 90 valence electrons. The largest absolute Gasteiger partial charge is 0.369 e. The van der Waals surface area contributed by atoms with E-state index in [0.29, 0.717) is 12.0 Å². The molecule has 0 amide bonds. The molecule has 2 aromatic rings. The van der Waals surface area contributed by atoms with Gasteiger partial charge < -0.3 is 11.1 Å². The molecule has 0 aromatic carbocycles. The summed E-state index contributed by atoms with van der Waals surface area (Å²) in [6.45, 7) is 0.925. The molecule has 1 saturated carbocycles. The van der Waals surface area contributed by atoms with Crippen molar-refractivity contribution >= 4 is 16.9 Å². The van der Waals surface area contributed by atoms with Gasteiger partial charge in [0.1, 0.15) is 12.1 Å². The lowest BCUT2D eigenvalue weighted by molar-refractivity contribution is 0.280. The van der Waals surface area contributed by atoms with Gasteiger partial charge >= 0.3 is 0 Å². The highest BCUT2D eigenvalue weighted by molar-refractivity contribution is 5.85. The van der Waals surface area contributed by atoms with Gasteiger partial charge in [-0.05, 0) is 18.8 Å². The summed E-state index contributed by atoms with van der Waals surface area (Å²) in [7, 11) is 1.88. The van der Waals surface area contributed by atoms with Crippen LogP contribution in [0.25, 0.3) is 11.0 Å². The summed E-state index contributed by atoms with van der Waals surface area (Å²) >= 11 is 0. The van der Waals surface area contributed by atoms with Crippen LogP contribution in [0.2, 0.25) is 0 Å². The van der Waals surface area contributed by atoms with Crippen LogP contribution >= 0.6 is 0 Å². The van der Waals surface area contributed by atoms with Gasteiger partial charge in [0.25, 0.3) is 0 Å². The predicted molar refractivity (Wildman–Crippen MR) is 65.5 cm³/mol. The monoisotopic (exact) mass is 232 g/mol. The van der Waals surface area contributed by atoms with Crippen LogP contribution in [-0.4, -0.2) is 32.3 Å². The summed E-state index contributed by atoms with van der Waals surface area (Å²) in [5, 5.41) is 8.52. The number of anilines is 1. The Kier molecular flexibility index (Phi) is 2.44. The normalized spacial score (nSPS) is 23.6. The van der Waals surface area contributed by atoms with Crippen LogP contribution in [0.15, 0.2) is 12.5 Å². The first-order chi connectivity index (χ1) is 8.24. The number of fused-ring (bicyclic) bond motifs is 1. The lowest BCUT2D eigenvalue weighted by Gasteiger charge is -2.32. The molecule has 1 aliphatic rings. The van der Waals surface area contributed by atoms with Crippen LogP contribution in [-0.2, 0) is 7.05 Å². The average molecular weight is 232 g/mol. The molecule has 2 aromatic heterocycles. The topological polar surface area (TPSA) is 81.7 Å². The highest BCUT2D eigenvalue weighted by atomic mass is 15.3. The number of nitrogens with two attached hydrogens (primary N) is 1. The van der Waals surface area contributed by atoms with Crippen LogP contribution in [0.1, 0.15) is 12.8 Å². The molecule has 3 N–H and O–H groups in total. The van der Waals surface area contributed by atoms with Crippen molar-refractivity contribution in [3.8, 4) is 0 Å². The molecule has 6 nitrogen and oxygen atoms in total. The first-order valence-electron chi connectivity index (χ1n) is 5.86. The zero-order chi connectivity index (χ0) is 11.8. The third kappa shape index (κ3) is 1.84. The Morgan fingerprint density at radius 3 is 3.06 bits per heavy atom. The third-order valence-electron chi connectivity index (χ3n) is 3.36. The van der Waals surface area contributed by atoms with E-state index in [-0.39, 0.29) is 0 Å². The molecule has 6 heteroatoms. The zero-order valence-electron chi connectivity index (χ0n) is 9.80. The second-order valence-corrected chi connectivity index (χ2v) is 4.71. The number of aromatic nitrogens is 4. The molecule has 0 spiro atoms. The lowest BCUT2D eigenvalue weighted by Crippen LogP contribution is -2.39. The first kappa shape index (κ1) is 10.5. The predicted octanol–water partition coefficient (Wildman–Crippen LogP) is 0.513. The summed E-state index contributed by atoms with van der Waals surface area (Å²) < 4.78 is 1.75. The highest BCUT2D eigenvalue weighted by Gasteiger charge is 2.25. The fourth-order valence-corrected chi connectivity index (χ4v) is 2.30. The summed E-state index contributed by atoms with van der Waals surface area (Å²) in [6.07, 6.45) is 5.57. The van der Waals surface area contributed by atoms with Gasteiger partial charge in [0.2, 0.25) is 0 Å². The van der Waals surface area contributed by atoms with Gasteiger partial charge in [-0.15, -0.1) is 0 Å². The van der Waals surface area contributed by atoms with Gasteiger partial charge in [0.05, 0.1) is 11.6 Å². The van der Waals surface area contributed by atoms with E-state index >= 15 is 0 Å². The Hall–Kier alpha value is -1.69. The van der Waals surface area contributed by atoms with Crippen molar-refractivity contribution in [1.82, 2.24) is 19.7 Å². The van der Waals surface area contributed by atoms with Crippen molar-refractivity contribution in [3.05, 3.63) is 12.5 Å². The van der Waals surface area contributed by atoms with E-state index in [0.717, 1.165) is 36.2 Å². The molecule has 17 heavy (non-hydrogen) atoms. The summed E-state index contributed by atoms with van der Waals surface area (Å²) in [5.41, 5.74) is 6.62. The van der Waals surface area contributed by atoms with Crippen molar-refractivity contribution in [2.24, 2.45) is 18.7 Å². The van der Waals surface area contributed by atoms with Crippen LogP contribution in [0.3, 0.4) is 0 Å². The van der Waals surface area contributed by atoms with Crippen molar-refractivity contribution < 1.29 is 0 Å². The standard InChI is InChI=1S/C11H16N6/c1-17-11-9(5-16-17)10(14-6-15-11)13-4-7-2-8(12)3-7/h5-8H,2-4,12H2,1H3,(H,13,14,15). The van der Waals surface area contributed by atoms with E-state index in [1.54, 1.807) is 17.2 Å². The van der Waals surface area contributed by atoms with Crippen LogP contribution in [0, 0.1) is 5.92 Å². The molecule has 0 atom stereocenters. The van der Waals surface area contributed by atoms with Crippen molar-refractivity contribution in [2.45, 2.75) is 18.9 Å². The number of hydrogen-bond acceptors (Lipinski definition) is 5. The molecule has 1 fully saturated rings. The first-order valence-corrected chi connectivity index (χ1v) is 5.86. The maximum atomic E-state index is 5.76. The molecule has 1 aliphatic carbocycles. The molecule has 3 rings (SSSR count). The van der Waals surface area contributed by atoms with Gasteiger partial charge in [-0.3, -0.25) is 4.68 Å². The summed E-state index contributed by atoms with van der Waals surface area (Å²) in [6, 6.07) is 0.394. The maximum absolute atomic E-state index is 5.76. The molecule has 0 radical (unpaired) electrons. The minimum absolute atomic E-state index is 0.394. The second-order valence-electron chi connectivity index (χ2n) is 4.71. The van der Waals surface area contributed by atoms with E-state index in [1.165, 1.54) is 0 Å². The second kappa shape index (κ2) is 3.96. The SMILES string of the molecule is Cn1ncc2c(NCC3CC(N)C3)ncnc21. The number of aryl methyl sites for hydroxylation is 1. The minimum Gasteiger partial charge on any atom is -0.369 e. The molecular weight excluding hydrogens is 216 g/mol. The third-order valence-corrected chi connectivity index (χ3v) is 3.36. The molecule has 0 bridgehead atoms. The number of nitrogens with zero attached hydrogens (tertiary/aromatic N) is 4. The van der Waals surface area contributed by atoms with Crippen molar-refractivity contribution in [2.75, 3.05) is 11.9 Å². The Balaban J connectivity index is 1.76. The Morgan fingerprint density at radius 1 is 1.47 bits per heavy atom. The quantitative estimate of drug-likeness (QED) is 0.806. The fourth-order valence-electron chi connectivity index (χ4n) is 2.30. The summed E-state index contributed by atoms with van der Waals surface area (Å²) in [5.74, 6) is 1.54. The van der Waals surface area contributed by atoms with Crippen LogP contribution in [0.4, 0.5) is 5.82 Å². The van der Waals surface area contributed by atoms with Crippen LogP contribution in [0.5, 0.6) is 0 Å². The molecular formula is C11H16N6. The van der Waals surface area contributed by atoms with E-state index in [2.05, 4.69) is 20.4 Å². The van der Waals surface area contributed by atoms with Gasteiger partial charge in [0, 0.05) is 19.6 Å². The van der Waals surface area contributed by atoms with Gasteiger partial charge in [-0.2, -0.15) is 5.10 Å². The van der Waals surface area contributed by atoms with E-state index in [4.69, 9.17) is 5.73 Å². The Morgan fingerprint density at radius 2 is 2.29 bits per heavy atom. The zero-order valence-corrected chi connectivity index (χ0v) is 9.80. The lowest BCUT2D eigenvalue weighted by atomic mass is 9.81.